The fourth-order valence-electron chi connectivity index (χ4n) is 3.33. The Hall–Kier alpha value is -3.19. The molecule has 1 aliphatic rings. The van der Waals surface area contributed by atoms with Crippen LogP contribution in [0.4, 0.5) is 16.0 Å². The number of hydrogen-bond acceptors (Lipinski definition) is 5. The van der Waals surface area contributed by atoms with Crippen LogP contribution in [0.3, 0.4) is 0 Å². The van der Waals surface area contributed by atoms with Crippen LogP contribution in [-0.2, 0) is 0 Å². The van der Waals surface area contributed by atoms with Crippen LogP contribution in [0.5, 0.6) is 0 Å². The van der Waals surface area contributed by atoms with Gasteiger partial charge >= 0.3 is 0 Å². The van der Waals surface area contributed by atoms with Gasteiger partial charge in [-0.05, 0) is 30.3 Å². The lowest BCUT2D eigenvalue weighted by Gasteiger charge is -2.36. The zero-order valence-electron chi connectivity index (χ0n) is 15.6. The Kier molecular flexibility index (Phi) is 5.31. The number of carbonyl (C=O) groups is 1. The maximum Gasteiger partial charge on any atom is 0.267 e. The van der Waals surface area contributed by atoms with Crippen LogP contribution in [-0.4, -0.2) is 42.1 Å². The van der Waals surface area contributed by atoms with Crippen LogP contribution < -0.4 is 15.5 Å². The average molecular weight is 412 g/mol. The topological polar surface area (TPSA) is 75.4 Å². The molecule has 0 saturated carbocycles. The second-order valence-corrected chi connectivity index (χ2v) is 7.17. The van der Waals surface area contributed by atoms with Gasteiger partial charge in [-0.15, -0.1) is 0 Å². The highest BCUT2D eigenvalue weighted by Gasteiger charge is 2.22. The second-order valence-electron chi connectivity index (χ2n) is 6.74. The average Bonchev–Trinajstić information content (AvgIpc) is 2.74. The maximum absolute atomic E-state index is 14.1. The van der Waals surface area contributed by atoms with Gasteiger partial charge in [0.2, 0.25) is 5.95 Å². The molecule has 8 heteroatoms. The van der Waals surface area contributed by atoms with E-state index in [2.05, 4.69) is 9.97 Å². The number of aromatic nitrogens is 2. The predicted octanol–water partition coefficient (Wildman–Crippen LogP) is 3.36. The molecule has 2 heterocycles. The van der Waals surface area contributed by atoms with Gasteiger partial charge in [0.1, 0.15) is 11.5 Å². The van der Waals surface area contributed by atoms with E-state index in [1.807, 2.05) is 28.0 Å². The lowest BCUT2D eigenvalue weighted by molar-refractivity contribution is 0.0995. The molecule has 29 heavy (non-hydrogen) atoms. The summed E-state index contributed by atoms with van der Waals surface area (Å²) in [7, 11) is 0. The minimum Gasteiger partial charge on any atom is -0.366 e. The van der Waals surface area contributed by atoms with Crippen molar-refractivity contribution in [1.82, 2.24) is 9.97 Å². The van der Waals surface area contributed by atoms with Crippen molar-refractivity contribution in [3.8, 4) is 11.3 Å². The zero-order valence-corrected chi connectivity index (χ0v) is 16.3. The molecule has 148 valence electrons. The van der Waals surface area contributed by atoms with Crippen molar-refractivity contribution >= 4 is 29.1 Å². The maximum atomic E-state index is 14.1. The number of benzene rings is 2. The summed E-state index contributed by atoms with van der Waals surface area (Å²) < 4.78 is 14.1. The van der Waals surface area contributed by atoms with E-state index in [0.717, 1.165) is 5.56 Å². The highest BCUT2D eigenvalue weighted by Crippen LogP contribution is 2.25. The molecule has 1 aliphatic heterocycles. The molecular formula is C21H19ClFN5O. The Labute approximate surface area is 172 Å². The molecule has 0 bridgehead atoms. The van der Waals surface area contributed by atoms with E-state index in [9.17, 15) is 9.18 Å². The molecule has 3 aromatic rings. The van der Waals surface area contributed by atoms with Crippen molar-refractivity contribution in [2.75, 3.05) is 36.0 Å². The molecule has 6 nitrogen and oxygen atoms in total. The fraction of sp³-hybridized carbons (Fsp3) is 0.190. The third kappa shape index (κ3) is 4.14. The van der Waals surface area contributed by atoms with E-state index in [4.69, 9.17) is 17.3 Å². The Bertz CT molecular complexity index is 1040. The Morgan fingerprint density at radius 1 is 0.966 bits per heavy atom. The first kappa shape index (κ1) is 19.1. The molecule has 1 fully saturated rings. The summed E-state index contributed by atoms with van der Waals surface area (Å²) in [6.45, 7) is 2.41. The van der Waals surface area contributed by atoms with Gasteiger partial charge < -0.3 is 15.5 Å². The number of amides is 1. The number of nitrogens with two attached hydrogens (primary N) is 1. The van der Waals surface area contributed by atoms with Gasteiger partial charge in [0.25, 0.3) is 5.91 Å². The molecule has 0 atom stereocenters. The lowest BCUT2D eigenvalue weighted by atomic mass is 10.1. The minimum absolute atomic E-state index is 0.150. The van der Waals surface area contributed by atoms with Gasteiger partial charge in [-0.3, -0.25) is 4.79 Å². The number of carbonyl (C=O) groups excluding carboxylic acids is 1. The van der Waals surface area contributed by atoms with E-state index >= 15 is 0 Å². The van der Waals surface area contributed by atoms with E-state index < -0.39 is 5.91 Å². The third-order valence-corrected chi connectivity index (χ3v) is 5.11. The highest BCUT2D eigenvalue weighted by atomic mass is 35.5. The molecule has 1 saturated heterocycles. The van der Waals surface area contributed by atoms with Crippen molar-refractivity contribution in [1.29, 1.82) is 0 Å². The molecule has 1 amide bonds. The quantitative estimate of drug-likeness (QED) is 0.712. The number of halogens is 2. The summed E-state index contributed by atoms with van der Waals surface area (Å²) >= 11 is 5.96. The molecule has 0 radical (unpaired) electrons. The number of nitrogens with zero attached hydrogens (tertiary/aromatic N) is 4. The SMILES string of the molecule is NC(=O)c1cc(-c2ccc(Cl)cc2)nc(N2CCN(c3ccccc3F)CC2)n1. The summed E-state index contributed by atoms with van der Waals surface area (Å²) in [5.41, 5.74) is 7.62. The van der Waals surface area contributed by atoms with Crippen molar-refractivity contribution < 1.29 is 9.18 Å². The molecule has 0 aliphatic carbocycles. The van der Waals surface area contributed by atoms with Gasteiger partial charge in [-0.25, -0.2) is 14.4 Å². The molecule has 2 N–H and O–H groups in total. The minimum atomic E-state index is -0.617. The van der Waals surface area contributed by atoms with Crippen molar-refractivity contribution in [2.24, 2.45) is 5.73 Å². The number of piperazine rings is 1. The predicted molar refractivity (Wildman–Crippen MR) is 112 cm³/mol. The van der Waals surface area contributed by atoms with Gasteiger partial charge in [-0.1, -0.05) is 35.9 Å². The van der Waals surface area contributed by atoms with Gasteiger partial charge in [0, 0.05) is 36.8 Å². The third-order valence-electron chi connectivity index (χ3n) is 4.86. The lowest BCUT2D eigenvalue weighted by Crippen LogP contribution is -2.47. The number of hydrogen-bond donors (Lipinski definition) is 1. The molecule has 4 rings (SSSR count). The summed E-state index contributed by atoms with van der Waals surface area (Å²) in [4.78, 5) is 24.7. The summed E-state index contributed by atoms with van der Waals surface area (Å²) in [6.07, 6.45) is 0. The number of anilines is 2. The summed E-state index contributed by atoms with van der Waals surface area (Å²) in [6, 6.07) is 15.5. The van der Waals surface area contributed by atoms with Crippen LogP contribution in [0, 0.1) is 5.82 Å². The Morgan fingerprint density at radius 3 is 2.28 bits per heavy atom. The fourth-order valence-corrected chi connectivity index (χ4v) is 3.45. The van der Waals surface area contributed by atoms with Crippen molar-refractivity contribution in [3.63, 3.8) is 0 Å². The van der Waals surface area contributed by atoms with Crippen LogP contribution in [0.2, 0.25) is 5.02 Å². The van der Waals surface area contributed by atoms with Gasteiger partial charge in [0.15, 0.2) is 0 Å². The first-order chi connectivity index (χ1) is 14.0. The first-order valence-corrected chi connectivity index (χ1v) is 9.58. The molecule has 0 unspecified atom stereocenters. The van der Waals surface area contributed by atoms with Gasteiger partial charge in [0.05, 0.1) is 11.4 Å². The number of rotatable bonds is 4. The van der Waals surface area contributed by atoms with Crippen molar-refractivity contribution in [3.05, 3.63) is 71.1 Å². The van der Waals surface area contributed by atoms with Crippen molar-refractivity contribution in [2.45, 2.75) is 0 Å². The van der Waals surface area contributed by atoms with Crippen LogP contribution in [0.15, 0.2) is 54.6 Å². The van der Waals surface area contributed by atoms with E-state index in [1.165, 1.54) is 6.07 Å². The normalized spacial score (nSPS) is 14.1. The van der Waals surface area contributed by atoms with Gasteiger partial charge in [-0.2, -0.15) is 0 Å². The number of primary amides is 1. The van der Waals surface area contributed by atoms with E-state index in [1.54, 1.807) is 30.3 Å². The number of para-hydroxylation sites is 1. The second kappa shape index (κ2) is 8.05. The Balaban J connectivity index is 1.59. The van der Waals surface area contributed by atoms with Crippen LogP contribution in [0.1, 0.15) is 10.5 Å². The Morgan fingerprint density at radius 2 is 1.62 bits per heavy atom. The van der Waals surface area contributed by atoms with E-state index in [-0.39, 0.29) is 11.5 Å². The summed E-state index contributed by atoms with van der Waals surface area (Å²) in [5, 5.41) is 0.613. The largest absolute Gasteiger partial charge is 0.366 e. The molecule has 2 aromatic carbocycles. The monoisotopic (exact) mass is 411 g/mol. The molecule has 0 spiro atoms. The molecular weight excluding hydrogens is 393 g/mol. The standard InChI is InChI=1S/C21H19ClFN5O/c22-15-7-5-14(6-8-15)17-13-18(20(24)29)26-21(25-17)28-11-9-27(10-12-28)19-4-2-1-3-16(19)23/h1-8,13H,9-12H2,(H2,24,29). The first-order valence-electron chi connectivity index (χ1n) is 9.20. The molecule has 1 aromatic heterocycles. The summed E-state index contributed by atoms with van der Waals surface area (Å²) in [5.74, 6) is -0.425. The zero-order chi connectivity index (χ0) is 20.4. The highest BCUT2D eigenvalue weighted by molar-refractivity contribution is 6.30. The van der Waals surface area contributed by atoms with Crippen LogP contribution in [0.25, 0.3) is 11.3 Å². The van der Waals surface area contributed by atoms with E-state index in [0.29, 0.717) is 48.5 Å². The smallest absolute Gasteiger partial charge is 0.267 e. The van der Waals surface area contributed by atoms with Crippen LogP contribution >= 0.6 is 11.6 Å².